The average molecular weight is 180 g/mol. The van der Waals surface area contributed by atoms with E-state index in [9.17, 15) is 0 Å². The predicted octanol–water partition coefficient (Wildman–Crippen LogP) is 1.21. The Balaban J connectivity index is 1.75. The molecule has 3 rings (SSSR count). The van der Waals surface area contributed by atoms with E-state index in [4.69, 9.17) is 5.73 Å². The van der Waals surface area contributed by atoms with Gasteiger partial charge in [-0.15, -0.1) is 0 Å². The van der Waals surface area contributed by atoms with Gasteiger partial charge >= 0.3 is 0 Å². The monoisotopic (exact) mass is 180 g/mol. The number of piperidine rings is 2. The van der Waals surface area contributed by atoms with Crippen molar-refractivity contribution >= 4 is 0 Å². The van der Waals surface area contributed by atoms with E-state index >= 15 is 0 Å². The molecule has 2 nitrogen and oxygen atoms in total. The lowest BCUT2D eigenvalue weighted by Gasteiger charge is -2.45. The first-order chi connectivity index (χ1) is 6.28. The van der Waals surface area contributed by atoms with Crippen molar-refractivity contribution < 1.29 is 0 Å². The fourth-order valence-electron chi connectivity index (χ4n) is 3.45. The van der Waals surface area contributed by atoms with Gasteiger partial charge in [0, 0.05) is 12.1 Å². The summed E-state index contributed by atoms with van der Waals surface area (Å²) in [5.41, 5.74) is 6.62. The Morgan fingerprint density at radius 3 is 2.77 bits per heavy atom. The van der Waals surface area contributed by atoms with Gasteiger partial charge in [0.15, 0.2) is 0 Å². The summed E-state index contributed by atoms with van der Waals surface area (Å²) in [6.45, 7) is 4.02. The van der Waals surface area contributed by atoms with Gasteiger partial charge in [0.05, 0.1) is 0 Å². The molecule has 3 aliphatic rings. The highest BCUT2D eigenvalue weighted by Gasteiger charge is 2.50. The van der Waals surface area contributed by atoms with E-state index in [1.54, 1.807) is 0 Å². The summed E-state index contributed by atoms with van der Waals surface area (Å²) in [6, 6.07) is 0. The van der Waals surface area contributed by atoms with Crippen LogP contribution in [-0.4, -0.2) is 30.1 Å². The fraction of sp³-hybridized carbons (Fsp3) is 1.00. The molecule has 2 heteroatoms. The molecule has 13 heavy (non-hydrogen) atoms. The third-order valence-corrected chi connectivity index (χ3v) is 4.43. The van der Waals surface area contributed by atoms with Crippen molar-refractivity contribution in [3.8, 4) is 0 Å². The van der Waals surface area contributed by atoms with Crippen LogP contribution < -0.4 is 5.73 Å². The number of fused-ring (bicyclic) bond motifs is 2. The van der Waals surface area contributed by atoms with E-state index in [2.05, 4.69) is 4.90 Å². The van der Waals surface area contributed by atoms with Crippen LogP contribution in [0.15, 0.2) is 0 Å². The molecule has 1 saturated carbocycles. The van der Waals surface area contributed by atoms with Gasteiger partial charge in [-0.05, 0) is 57.0 Å². The van der Waals surface area contributed by atoms with Crippen LogP contribution in [0.25, 0.3) is 0 Å². The first-order valence-electron chi connectivity index (χ1n) is 5.79. The van der Waals surface area contributed by atoms with Gasteiger partial charge in [-0.2, -0.15) is 0 Å². The first-order valence-corrected chi connectivity index (χ1v) is 5.79. The number of hydrogen-bond donors (Lipinski definition) is 1. The molecule has 0 aromatic heterocycles. The smallest absolute Gasteiger partial charge is 0.0187 e. The molecule has 0 aromatic carbocycles. The van der Waals surface area contributed by atoms with E-state index in [0.29, 0.717) is 0 Å². The van der Waals surface area contributed by atoms with E-state index in [1.165, 1.54) is 51.7 Å². The van der Waals surface area contributed by atoms with Gasteiger partial charge in [0.2, 0.25) is 0 Å². The zero-order valence-electron chi connectivity index (χ0n) is 8.34. The van der Waals surface area contributed by atoms with Gasteiger partial charge in [0.1, 0.15) is 0 Å². The second-order valence-corrected chi connectivity index (χ2v) is 5.33. The average Bonchev–Trinajstić information content (AvgIpc) is 2.85. The molecule has 2 heterocycles. The molecule has 2 saturated heterocycles. The lowest BCUT2D eigenvalue weighted by atomic mass is 9.75. The van der Waals surface area contributed by atoms with Crippen LogP contribution in [0.5, 0.6) is 0 Å². The minimum absolute atomic E-state index is 0.286. The fourth-order valence-corrected chi connectivity index (χ4v) is 3.45. The van der Waals surface area contributed by atoms with Crippen LogP contribution in [0, 0.1) is 11.8 Å². The Labute approximate surface area is 80.5 Å². The summed E-state index contributed by atoms with van der Waals surface area (Å²) in [5.74, 6) is 1.80. The molecule has 3 unspecified atom stereocenters. The second-order valence-electron chi connectivity index (χ2n) is 5.33. The van der Waals surface area contributed by atoms with Crippen molar-refractivity contribution in [1.82, 2.24) is 4.90 Å². The zero-order chi connectivity index (χ0) is 8.89. The number of rotatable bonds is 1. The molecule has 0 aromatic rings. The van der Waals surface area contributed by atoms with Crippen LogP contribution >= 0.6 is 0 Å². The van der Waals surface area contributed by atoms with Crippen LogP contribution in [0.3, 0.4) is 0 Å². The van der Waals surface area contributed by atoms with E-state index in [-0.39, 0.29) is 5.54 Å². The number of hydrogen-bond acceptors (Lipinski definition) is 2. The predicted molar refractivity (Wildman–Crippen MR) is 53.4 cm³/mol. The van der Waals surface area contributed by atoms with Crippen molar-refractivity contribution in [2.75, 3.05) is 19.6 Å². The summed E-state index contributed by atoms with van der Waals surface area (Å²) in [5, 5.41) is 0. The lowest BCUT2D eigenvalue weighted by molar-refractivity contribution is 0.0565. The van der Waals surface area contributed by atoms with Crippen LogP contribution in [0.4, 0.5) is 0 Å². The Hall–Kier alpha value is -0.0800. The van der Waals surface area contributed by atoms with Gasteiger partial charge < -0.3 is 10.6 Å². The third-order valence-electron chi connectivity index (χ3n) is 4.43. The minimum Gasteiger partial charge on any atom is -0.325 e. The molecule has 0 radical (unpaired) electrons. The SMILES string of the molecule is NC1(C2CCN3CCCC2C3)CC1. The quantitative estimate of drug-likeness (QED) is 0.657. The standard InChI is InChI=1S/C11H20N2/c12-11(4-5-11)10-3-7-13-6-1-2-9(10)8-13/h9-10H,1-8,12H2. The van der Waals surface area contributed by atoms with Gasteiger partial charge in [-0.1, -0.05) is 0 Å². The summed E-state index contributed by atoms with van der Waals surface area (Å²) in [7, 11) is 0. The third kappa shape index (κ3) is 1.31. The molecule has 3 fully saturated rings. The maximum atomic E-state index is 6.34. The molecule has 74 valence electrons. The van der Waals surface area contributed by atoms with E-state index in [1.807, 2.05) is 0 Å². The normalized spacial score (nSPS) is 47.3. The molecule has 2 bridgehead atoms. The maximum absolute atomic E-state index is 6.34. The van der Waals surface area contributed by atoms with E-state index < -0.39 is 0 Å². The summed E-state index contributed by atoms with van der Waals surface area (Å²) in [6.07, 6.45) is 6.83. The van der Waals surface area contributed by atoms with Gasteiger partial charge in [0.25, 0.3) is 0 Å². The highest BCUT2D eigenvalue weighted by molar-refractivity contribution is 5.07. The number of nitrogens with two attached hydrogens (primary N) is 1. The van der Waals surface area contributed by atoms with Crippen LogP contribution in [0.1, 0.15) is 32.1 Å². The summed E-state index contributed by atoms with van der Waals surface area (Å²) >= 11 is 0. The maximum Gasteiger partial charge on any atom is 0.0187 e. The highest BCUT2D eigenvalue weighted by atomic mass is 15.1. The van der Waals surface area contributed by atoms with Crippen molar-refractivity contribution in [2.45, 2.75) is 37.6 Å². The Bertz CT molecular complexity index is 210. The van der Waals surface area contributed by atoms with Crippen LogP contribution in [-0.2, 0) is 0 Å². The van der Waals surface area contributed by atoms with Crippen molar-refractivity contribution in [3.05, 3.63) is 0 Å². The molecular weight excluding hydrogens is 160 g/mol. The van der Waals surface area contributed by atoms with Gasteiger partial charge in [-0.25, -0.2) is 0 Å². The van der Waals surface area contributed by atoms with E-state index in [0.717, 1.165) is 11.8 Å². The van der Waals surface area contributed by atoms with Crippen molar-refractivity contribution in [3.63, 3.8) is 0 Å². The van der Waals surface area contributed by atoms with Crippen molar-refractivity contribution in [2.24, 2.45) is 17.6 Å². The first kappa shape index (κ1) is 8.25. The molecular formula is C11H20N2. The largest absolute Gasteiger partial charge is 0.325 e. The topological polar surface area (TPSA) is 29.3 Å². The second kappa shape index (κ2) is 2.71. The Kier molecular flexibility index (Phi) is 1.72. The van der Waals surface area contributed by atoms with Crippen LogP contribution in [0.2, 0.25) is 0 Å². The molecule has 2 N–H and O–H groups in total. The zero-order valence-corrected chi connectivity index (χ0v) is 8.34. The highest BCUT2D eigenvalue weighted by Crippen LogP contribution is 2.48. The summed E-state index contributed by atoms with van der Waals surface area (Å²) < 4.78 is 0. The minimum atomic E-state index is 0.286. The Morgan fingerprint density at radius 2 is 2.00 bits per heavy atom. The van der Waals surface area contributed by atoms with Gasteiger partial charge in [-0.3, -0.25) is 0 Å². The molecule has 3 atom stereocenters. The van der Waals surface area contributed by atoms with Crippen molar-refractivity contribution in [1.29, 1.82) is 0 Å². The number of nitrogens with zero attached hydrogens (tertiary/aromatic N) is 1. The molecule has 0 spiro atoms. The lowest BCUT2D eigenvalue weighted by Crippen LogP contribution is -2.50. The Morgan fingerprint density at radius 1 is 1.15 bits per heavy atom. The molecule has 2 aliphatic heterocycles. The molecule has 1 aliphatic carbocycles. The summed E-state index contributed by atoms with van der Waals surface area (Å²) in [4.78, 5) is 2.64. The molecule has 0 amide bonds.